The highest BCUT2D eigenvalue weighted by atomic mass is 79.9. The molecule has 2 aromatic rings. The Morgan fingerprint density at radius 3 is 2.65 bits per heavy atom. The summed E-state index contributed by atoms with van der Waals surface area (Å²) < 4.78 is 0.962. The molecule has 0 unspecified atom stereocenters. The van der Waals surface area contributed by atoms with Crippen LogP contribution in [0.3, 0.4) is 0 Å². The van der Waals surface area contributed by atoms with Crippen LogP contribution in [0.5, 0.6) is 0 Å². The molecule has 20 heavy (non-hydrogen) atoms. The second-order valence-electron chi connectivity index (χ2n) is 4.64. The van der Waals surface area contributed by atoms with Gasteiger partial charge in [-0.15, -0.1) is 0 Å². The van der Waals surface area contributed by atoms with E-state index in [0.29, 0.717) is 0 Å². The standard InChI is InChI=1S/C17H16BrNO/c1-12-7-8-13(2)14(11-12)17(20)9-10-19-16-6-4-3-5-15(16)18/h3-11,19H,1-2H3. The monoisotopic (exact) mass is 329 g/mol. The highest BCUT2D eigenvalue weighted by Gasteiger charge is 2.05. The van der Waals surface area contributed by atoms with Crippen molar-refractivity contribution in [1.29, 1.82) is 0 Å². The Kier molecular flexibility index (Phi) is 4.74. The zero-order chi connectivity index (χ0) is 14.5. The maximum atomic E-state index is 12.2. The van der Waals surface area contributed by atoms with Crippen LogP contribution in [-0.4, -0.2) is 5.78 Å². The fourth-order valence-corrected chi connectivity index (χ4v) is 2.28. The average Bonchev–Trinajstić information content (AvgIpc) is 2.43. The molecule has 0 bridgehead atoms. The van der Waals surface area contributed by atoms with Gasteiger partial charge in [-0.3, -0.25) is 4.79 Å². The van der Waals surface area contributed by atoms with E-state index >= 15 is 0 Å². The molecule has 2 nitrogen and oxygen atoms in total. The molecule has 0 aromatic heterocycles. The van der Waals surface area contributed by atoms with Crippen molar-refractivity contribution in [2.45, 2.75) is 13.8 Å². The van der Waals surface area contributed by atoms with Crippen LogP contribution in [0.15, 0.2) is 59.2 Å². The van der Waals surface area contributed by atoms with E-state index in [-0.39, 0.29) is 5.78 Å². The largest absolute Gasteiger partial charge is 0.361 e. The molecule has 1 N–H and O–H groups in total. The number of para-hydroxylation sites is 1. The molecule has 0 radical (unpaired) electrons. The highest BCUT2D eigenvalue weighted by Crippen LogP contribution is 2.21. The van der Waals surface area contributed by atoms with Crippen LogP contribution in [0.25, 0.3) is 0 Å². The summed E-state index contributed by atoms with van der Waals surface area (Å²) >= 11 is 3.45. The van der Waals surface area contributed by atoms with Gasteiger partial charge in [-0.05, 0) is 53.5 Å². The third-order valence-electron chi connectivity index (χ3n) is 3.01. The summed E-state index contributed by atoms with van der Waals surface area (Å²) in [7, 11) is 0. The molecule has 0 aliphatic heterocycles. The first-order valence-electron chi connectivity index (χ1n) is 6.37. The smallest absolute Gasteiger partial charge is 0.187 e. The summed E-state index contributed by atoms with van der Waals surface area (Å²) in [6.07, 6.45) is 3.23. The number of carbonyl (C=O) groups excluding carboxylic acids is 1. The van der Waals surface area contributed by atoms with Crippen LogP contribution in [0, 0.1) is 13.8 Å². The van der Waals surface area contributed by atoms with Gasteiger partial charge in [0.05, 0.1) is 5.69 Å². The number of rotatable bonds is 4. The van der Waals surface area contributed by atoms with Gasteiger partial charge in [0.15, 0.2) is 5.78 Å². The molecule has 102 valence electrons. The van der Waals surface area contributed by atoms with Gasteiger partial charge in [-0.1, -0.05) is 29.8 Å². The first-order chi connectivity index (χ1) is 9.58. The van der Waals surface area contributed by atoms with Crippen molar-refractivity contribution in [1.82, 2.24) is 0 Å². The minimum Gasteiger partial charge on any atom is -0.361 e. The Morgan fingerprint density at radius 1 is 1.15 bits per heavy atom. The Bertz CT molecular complexity index is 662. The summed E-state index contributed by atoms with van der Waals surface area (Å²) in [5.41, 5.74) is 3.75. The molecule has 3 heteroatoms. The van der Waals surface area contributed by atoms with Crippen molar-refractivity contribution in [2.24, 2.45) is 0 Å². The highest BCUT2D eigenvalue weighted by molar-refractivity contribution is 9.10. The van der Waals surface area contributed by atoms with Crippen LogP contribution < -0.4 is 5.32 Å². The van der Waals surface area contributed by atoms with Gasteiger partial charge in [0.1, 0.15) is 0 Å². The van der Waals surface area contributed by atoms with E-state index in [4.69, 9.17) is 0 Å². The van der Waals surface area contributed by atoms with Gasteiger partial charge < -0.3 is 5.32 Å². The maximum absolute atomic E-state index is 12.2. The van der Waals surface area contributed by atoms with E-state index in [1.165, 1.54) is 0 Å². The van der Waals surface area contributed by atoms with Gasteiger partial charge in [-0.2, -0.15) is 0 Å². The van der Waals surface area contributed by atoms with Crippen molar-refractivity contribution in [3.05, 3.63) is 75.9 Å². The van der Waals surface area contributed by atoms with E-state index in [0.717, 1.165) is 26.9 Å². The molecule has 2 rings (SSSR count). The van der Waals surface area contributed by atoms with Crippen molar-refractivity contribution in [3.63, 3.8) is 0 Å². The molecule has 0 atom stereocenters. The molecule has 0 amide bonds. The summed E-state index contributed by atoms with van der Waals surface area (Å²) in [5, 5.41) is 3.10. The number of anilines is 1. The summed E-state index contributed by atoms with van der Waals surface area (Å²) in [4.78, 5) is 12.2. The summed E-state index contributed by atoms with van der Waals surface area (Å²) in [5.74, 6) is 0.00533. The van der Waals surface area contributed by atoms with Crippen LogP contribution in [0.1, 0.15) is 21.5 Å². The first-order valence-corrected chi connectivity index (χ1v) is 7.16. The van der Waals surface area contributed by atoms with E-state index in [1.54, 1.807) is 12.3 Å². The van der Waals surface area contributed by atoms with Crippen molar-refractivity contribution in [2.75, 3.05) is 5.32 Å². The zero-order valence-electron chi connectivity index (χ0n) is 11.5. The zero-order valence-corrected chi connectivity index (χ0v) is 13.1. The maximum Gasteiger partial charge on any atom is 0.187 e. The molecule has 0 saturated carbocycles. The van der Waals surface area contributed by atoms with Crippen LogP contribution in [-0.2, 0) is 0 Å². The molecule has 0 heterocycles. The van der Waals surface area contributed by atoms with Gasteiger partial charge in [0.2, 0.25) is 0 Å². The number of benzene rings is 2. The minimum absolute atomic E-state index is 0.00533. The quantitative estimate of drug-likeness (QED) is 0.640. The molecule has 0 spiro atoms. The molecular formula is C17H16BrNO. The number of ketones is 1. The molecular weight excluding hydrogens is 314 g/mol. The predicted molar refractivity (Wildman–Crippen MR) is 87.2 cm³/mol. The second kappa shape index (κ2) is 6.53. The van der Waals surface area contributed by atoms with Crippen LogP contribution >= 0.6 is 15.9 Å². The van der Waals surface area contributed by atoms with Crippen molar-refractivity contribution in [3.8, 4) is 0 Å². The molecule has 0 aliphatic rings. The first kappa shape index (κ1) is 14.5. The normalized spacial score (nSPS) is 10.8. The van der Waals surface area contributed by atoms with Gasteiger partial charge in [-0.25, -0.2) is 0 Å². The Balaban J connectivity index is 2.10. The number of halogens is 1. The van der Waals surface area contributed by atoms with E-state index in [2.05, 4.69) is 21.2 Å². The van der Waals surface area contributed by atoms with Gasteiger partial charge in [0, 0.05) is 22.3 Å². The third-order valence-corrected chi connectivity index (χ3v) is 3.70. The van der Waals surface area contributed by atoms with Gasteiger partial charge in [0.25, 0.3) is 0 Å². The van der Waals surface area contributed by atoms with Gasteiger partial charge >= 0.3 is 0 Å². The lowest BCUT2D eigenvalue weighted by Crippen LogP contribution is -2.00. The van der Waals surface area contributed by atoms with E-state index in [9.17, 15) is 4.79 Å². The number of hydrogen-bond donors (Lipinski definition) is 1. The Morgan fingerprint density at radius 2 is 1.90 bits per heavy atom. The van der Waals surface area contributed by atoms with E-state index < -0.39 is 0 Å². The van der Waals surface area contributed by atoms with Crippen molar-refractivity contribution < 1.29 is 4.79 Å². The molecule has 0 fully saturated rings. The van der Waals surface area contributed by atoms with Crippen LogP contribution in [0.4, 0.5) is 5.69 Å². The lowest BCUT2D eigenvalue weighted by atomic mass is 10.0. The second-order valence-corrected chi connectivity index (χ2v) is 5.49. The molecule has 2 aromatic carbocycles. The fourth-order valence-electron chi connectivity index (χ4n) is 1.88. The molecule has 0 saturated heterocycles. The SMILES string of the molecule is Cc1ccc(C)c(C(=O)C=CNc2ccccc2Br)c1. The fraction of sp³-hybridized carbons (Fsp3) is 0.118. The van der Waals surface area contributed by atoms with Crippen LogP contribution in [0.2, 0.25) is 0 Å². The number of nitrogens with one attached hydrogen (secondary N) is 1. The van der Waals surface area contributed by atoms with E-state index in [1.807, 2.05) is 56.3 Å². The minimum atomic E-state index is 0.00533. The number of hydrogen-bond acceptors (Lipinski definition) is 2. The third kappa shape index (κ3) is 3.58. The number of aryl methyl sites for hydroxylation is 2. The van der Waals surface area contributed by atoms with Crippen molar-refractivity contribution >= 4 is 27.4 Å². The predicted octanol–water partition coefficient (Wildman–Crippen LogP) is 4.87. The number of allylic oxidation sites excluding steroid dienone is 1. The number of carbonyl (C=O) groups is 1. The topological polar surface area (TPSA) is 29.1 Å². The summed E-state index contributed by atoms with van der Waals surface area (Å²) in [6, 6.07) is 13.7. The average molecular weight is 330 g/mol. The Hall–Kier alpha value is -1.87. The summed E-state index contributed by atoms with van der Waals surface area (Å²) in [6.45, 7) is 3.93. The lowest BCUT2D eigenvalue weighted by molar-refractivity contribution is 0.104. The Labute approximate surface area is 127 Å². The lowest BCUT2D eigenvalue weighted by Gasteiger charge is -2.04. The molecule has 0 aliphatic carbocycles.